The standard InChI is InChI=1S/C30H31BrCl2N2O7S/c1-40-26-12-19(17-31)13-27(41-2)28(26)20-8-6-18(7-9-20)11-24(30(37)42-3)34-29(36)25-5-4-10-35(25)43(38,39)23-15-21(32)14-22(33)16-23/h6-9,12-16,24-25H,4-5,10-11,17H2,1-3H3,(H,34,36)/t24-,25-/m0/s1. The number of halogens is 3. The highest BCUT2D eigenvalue weighted by atomic mass is 79.9. The van der Waals surface area contributed by atoms with E-state index in [-0.39, 0.29) is 27.9 Å². The van der Waals surface area contributed by atoms with Crippen molar-refractivity contribution in [1.29, 1.82) is 0 Å². The molecule has 0 aromatic heterocycles. The minimum atomic E-state index is -4.08. The zero-order chi connectivity index (χ0) is 31.3. The van der Waals surface area contributed by atoms with Gasteiger partial charge < -0.3 is 19.5 Å². The number of rotatable bonds is 11. The number of carbonyl (C=O) groups excluding carboxylic acids is 2. The van der Waals surface area contributed by atoms with Crippen molar-refractivity contribution in [3.05, 3.63) is 75.8 Å². The summed E-state index contributed by atoms with van der Waals surface area (Å²) in [6.45, 7) is 0.137. The second-order valence-corrected chi connectivity index (χ2v) is 13.2. The Morgan fingerprint density at radius 3 is 2.12 bits per heavy atom. The van der Waals surface area contributed by atoms with Crippen molar-refractivity contribution in [3.8, 4) is 22.6 Å². The van der Waals surface area contributed by atoms with Crippen LogP contribution >= 0.6 is 39.1 Å². The van der Waals surface area contributed by atoms with E-state index in [0.29, 0.717) is 29.7 Å². The summed E-state index contributed by atoms with van der Waals surface area (Å²) >= 11 is 15.5. The highest BCUT2D eigenvalue weighted by Gasteiger charge is 2.41. The number of esters is 1. The maximum absolute atomic E-state index is 13.4. The van der Waals surface area contributed by atoms with Crippen LogP contribution in [0.2, 0.25) is 10.0 Å². The van der Waals surface area contributed by atoms with Crippen molar-refractivity contribution in [2.24, 2.45) is 0 Å². The fraction of sp³-hybridized carbons (Fsp3) is 0.333. The predicted octanol–water partition coefficient (Wildman–Crippen LogP) is 5.63. The minimum absolute atomic E-state index is 0.107. The summed E-state index contributed by atoms with van der Waals surface area (Å²) in [5, 5.41) is 3.68. The lowest BCUT2D eigenvalue weighted by atomic mass is 9.98. The first kappa shape index (κ1) is 33.1. The Morgan fingerprint density at radius 2 is 1.58 bits per heavy atom. The summed E-state index contributed by atoms with van der Waals surface area (Å²) < 4.78 is 44.2. The average molecular weight is 714 g/mol. The van der Waals surface area contributed by atoms with E-state index >= 15 is 0 Å². The van der Waals surface area contributed by atoms with Gasteiger partial charge in [0, 0.05) is 28.3 Å². The molecule has 1 saturated heterocycles. The number of ether oxygens (including phenoxy) is 3. The van der Waals surface area contributed by atoms with Crippen LogP contribution in [-0.4, -0.2) is 64.6 Å². The van der Waals surface area contributed by atoms with E-state index in [2.05, 4.69) is 21.2 Å². The van der Waals surface area contributed by atoms with Crippen LogP contribution in [0.15, 0.2) is 59.5 Å². The molecule has 0 bridgehead atoms. The van der Waals surface area contributed by atoms with E-state index in [0.717, 1.165) is 26.6 Å². The van der Waals surface area contributed by atoms with Gasteiger partial charge in [0.25, 0.3) is 0 Å². The average Bonchev–Trinajstić information content (AvgIpc) is 3.51. The molecule has 2 atom stereocenters. The smallest absolute Gasteiger partial charge is 0.328 e. The summed E-state index contributed by atoms with van der Waals surface area (Å²) in [7, 11) is 0.335. The molecule has 9 nitrogen and oxygen atoms in total. The van der Waals surface area contributed by atoms with Crippen LogP contribution in [-0.2, 0) is 36.1 Å². The third-order valence-electron chi connectivity index (χ3n) is 7.15. The molecule has 1 aliphatic rings. The Balaban J connectivity index is 1.54. The Hall–Kier alpha value is -2.83. The highest BCUT2D eigenvalue weighted by molar-refractivity contribution is 9.08. The molecule has 230 valence electrons. The summed E-state index contributed by atoms with van der Waals surface area (Å²) in [4.78, 5) is 26.0. The van der Waals surface area contributed by atoms with Gasteiger partial charge in [0.1, 0.15) is 23.6 Å². The summed E-state index contributed by atoms with van der Waals surface area (Å²) in [6.07, 6.45) is 0.887. The van der Waals surface area contributed by atoms with Gasteiger partial charge in [-0.2, -0.15) is 4.31 Å². The van der Waals surface area contributed by atoms with Gasteiger partial charge in [-0.1, -0.05) is 63.4 Å². The number of alkyl halides is 1. The van der Waals surface area contributed by atoms with Crippen LogP contribution in [0, 0.1) is 0 Å². The van der Waals surface area contributed by atoms with E-state index in [1.165, 1.54) is 25.3 Å². The molecule has 3 aromatic rings. The molecule has 0 radical (unpaired) electrons. The fourth-order valence-electron chi connectivity index (χ4n) is 5.08. The van der Waals surface area contributed by atoms with Crippen molar-refractivity contribution in [2.75, 3.05) is 27.9 Å². The SMILES string of the molecule is COC(=O)[C@H](Cc1ccc(-c2c(OC)cc(CBr)cc2OC)cc1)NC(=O)[C@@H]1CCCN1S(=O)(=O)c1cc(Cl)cc(Cl)c1. The number of nitrogens with one attached hydrogen (secondary N) is 1. The molecule has 43 heavy (non-hydrogen) atoms. The van der Waals surface area contributed by atoms with Crippen LogP contribution in [0.25, 0.3) is 11.1 Å². The van der Waals surface area contributed by atoms with Gasteiger partial charge in [-0.3, -0.25) is 4.79 Å². The van der Waals surface area contributed by atoms with Gasteiger partial charge in [0.15, 0.2) is 0 Å². The van der Waals surface area contributed by atoms with Crippen molar-refractivity contribution in [3.63, 3.8) is 0 Å². The molecule has 0 saturated carbocycles. The van der Waals surface area contributed by atoms with Crippen molar-refractivity contribution in [2.45, 2.75) is 41.6 Å². The van der Waals surface area contributed by atoms with Crippen molar-refractivity contribution < 1.29 is 32.2 Å². The third kappa shape index (κ3) is 7.46. The Kier molecular flexibility index (Phi) is 11.0. The second-order valence-electron chi connectivity index (χ2n) is 9.87. The van der Waals surface area contributed by atoms with Gasteiger partial charge in [0.2, 0.25) is 15.9 Å². The molecule has 1 heterocycles. The number of amides is 1. The normalized spacial score (nSPS) is 16.0. The highest BCUT2D eigenvalue weighted by Crippen LogP contribution is 2.40. The number of methoxy groups -OCH3 is 3. The Bertz CT molecular complexity index is 1560. The fourth-order valence-corrected chi connectivity index (χ4v) is 7.78. The Labute approximate surface area is 269 Å². The predicted molar refractivity (Wildman–Crippen MR) is 169 cm³/mol. The monoisotopic (exact) mass is 712 g/mol. The molecular formula is C30H31BrCl2N2O7S. The van der Waals surface area contributed by atoms with Gasteiger partial charge in [0.05, 0.1) is 31.8 Å². The van der Waals surface area contributed by atoms with Gasteiger partial charge in [-0.15, -0.1) is 0 Å². The molecule has 13 heteroatoms. The lowest BCUT2D eigenvalue weighted by Crippen LogP contribution is -2.51. The molecule has 4 rings (SSSR count). The van der Waals surface area contributed by atoms with Crippen molar-refractivity contribution >= 4 is 61.0 Å². The first-order chi connectivity index (χ1) is 20.5. The molecule has 3 aromatic carbocycles. The zero-order valence-corrected chi connectivity index (χ0v) is 27.6. The van der Waals surface area contributed by atoms with E-state index in [1.807, 2.05) is 36.4 Å². The molecular weight excluding hydrogens is 683 g/mol. The molecule has 1 amide bonds. The van der Waals surface area contributed by atoms with Crippen LogP contribution in [0.5, 0.6) is 11.5 Å². The maximum Gasteiger partial charge on any atom is 0.328 e. The topological polar surface area (TPSA) is 111 Å². The lowest BCUT2D eigenvalue weighted by molar-refractivity contribution is -0.145. The zero-order valence-electron chi connectivity index (χ0n) is 23.7. The largest absolute Gasteiger partial charge is 0.496 e. The second kappa shape index (κ2) is 14.3. The number of nitrogens with zero attached hydrogens (tertiary/aromatic N) is 1. The number of sulfonamides is 1. The molecule has 1 aliphatic heterocycles. The molecule has 1 N–H and O–H groups in total. The van der Waals surface area contributed by atoms with Crippen molar-refractivity contribution in [1.82, 2.24) is 9.62 Å². The van der Waals surface area contributed by atoms with Crippen LogP contribution in [0.4, 0.5) is 0 Å². The van der Waals surface area contributed by atoms with Crippen LogP contribution in [0.3, 0.4) is 0 Å². The quantitative estimate of drug-likeness (QED) is 0.203. The first-order valence-electron chi connectivity index (χ1n) is 13.3. The summed E-state index contributed by atoms with van der Waals surface area (Å²) in [6, 6.07) is 13.2. The third-order valence-corrected chi connectivity index (χ3v) is 10.1. The maximum atomic E-state index is 13.4. The Morgan fingerprint density at radius 1 is 0.977 bits per heavy atom. The van der Waals surface area contributed by atoms with Gasteiger partial charge in [-0.25, -0.2) is 13.2 Å². The summed E-state index contributed by atoms with van der Waals surface area (Å²) in [5.41, 5.74) is 3.36. The van der Waals surface area contributed by atoms with E-state index in [9.17, 15) is 18.0 Å². The van der Waals surface area contributed by atoms with E-state index in [4.69, 9.17) is 37.4 Å². The van der Waals surface area contributed by atoms with Crippen LogP contribution in [0.1, 0.15) is 24.0 Å². The van der Waals surface area contributed by atoms with Gasteiger partial charge in [-0.05, 0) is 59.9 Å². The number of carbonyl (C=O) groups is 2. The molecule has 0 aliphatic carbocycles. The number of hydrogen-bond acceptors (Lipinski definition) is 7. The van der Waals surface area contributed by atoms with Gasteiger partial charge >= 0.3 is 5.97 Å². The summed E-state index contributed by atoms with van der Waals surface area (Å²) in [5.74, 6) is 0.0532. The molecule has 0 spiro atoms. The molecule has 0 unspecified atom stereocenters. The number of benzene rings is 3. The lowest BCUT2D eigenvalue weighted by Gasteiger charge is -2.25. The number of hydrogen-bond donors (Lipinski definition) is 1. The van der Waals surface area contributed by atoms with E-state index in [1.54, 1.807) is 14.2 Å². The first-order valence-corrected chi connectivity index (χ1v) is 16.6. The van der Waals surface area contributed by atoms with E-state index < -0.39 is 34.0 Å². The minimum Gasteiger partial charge on any atom is -0.496 e. The molecule has 1 fully saturated rings. The van der Waals surface area contributed by atoms with Crippen LogP contribution < -0.4 is 14.8 Å².